The van der Waals surface area contributed by atoms with E-state index in [1.165, 1.54) is 12.1 Å². The molecular weight excluding hydrogens is 433 g/mol. The van der Waals surface area contributed by atoms with E-state index < -0.39 is 6.10 Å². The maximum atomic E-state index is 13.5. The first-order chi connectivity index (χ1) is 16.2. The molecule has 1 heterocycles. The third kappa shape index (κ3) is 7.38. The van der Waals surface area contributed by atoms with Crippen LogP contribution in [0, 0.1) is 18.7 Å². The fourth-order valence-corrected chi connectivity index (χ4v) is 3.78. The number of aliphatic hydroxyl groups excluding tert-OH is 1. The molecule has 1 unspecified atom stereocenters. The summed E-state index contributed by atoms with van der Waals surface area (Å²) in [6.45, 7) is 12.3. The molecule has 34 heavy (non-hydrogen) atoms. The van der Waals surface area contributed by atoms with Crippen LogP contribution in [0.3, 0.4) is 0 Å². The topological polar surface area (TPSA) is 59.8 Å². The minimum Gasteiger partial charge on any atom is -0.439 e. The Morgan fingerprint density at radius 2 is 1.68 bits per heavy atom. The predicted molar refractivity (Wildman–Crippen MR) is 132 cm³/mol. The number of halogens is 1. The van der Waals surface area contributed by atoms with Crippen LogP contribution in [0.1, 0.15) is 39.0 Å². The molecule has 0 radical (unpaired) electrons. The Hall–Kier alpha value is -2.74. The van der Waals surface area contributed by atoms with E-state index in [1.54, 1.807) is 16.8 Å². The van der Waals surface area contributed by atoms with E-state index in [-0.39, 0.29) is 18.5 Å². The third-order valence-electron chi connectivity index (χ3n) is 5.26. The maximum Gasteiger partial charge on any atom is 0.227 e. The highest BCUT2D eigenvalue weighted by Gasteiger charge is 2.23. The number of ether oxygens (including phenoxy) is 2. The van der Waals surface area contributed by atoms with E-state index in [2.05, 4.69) is 18.7 Å². The van der Waals surface area contributed by atoms with Crippen molar-refractivity contribution in [2.45, 2.75) is 53.4 Å². The number of para-hydroxylation sites is 1. The molecule has 0 saturated carbocycles. The molecule has 0 bridgehead atoms. The SMILES string of the molecule is Cc1nn(-c2ccccc2)c(Oc2ccc(F)cc2)c1CN(CC(C)C)CC(O)COC(C)C. The molecule has 1 atom stereocenters. The second-order valence-electron chi connectivity index (χ2n) is 9.30. The smallest absolute Gasteiger partial charge is 0.227 e. The molecule has 0 spiro atoms. The second-order valence-corrected chi connectivity index (χ2v) is 9.30. The van der Waals surface area contributed by atoms with Gasteiger partial charge in [-0.2, -0.15) is 5.10 Å². The van der Waals surface area contributed by atoms with Crippen molar-refractivity contribution in [2.75, 3.05) is 19.7 Å². The summed E-state index contributed by atoms with van der Waals surface area (Å²) in [6.07, 6.45) is -0.539. The van der Waals surface area contributed by atoms with Gasteiger partial charge in [-0.1, -0.05) is 32.0 Å². The van der Waals surface area contributed by atoms with E-state index in [9.17, 15) is 9.50 Å². The van der Waals surface area contributed by atoms with E-state index in [0.717, 1.165) is 23.5 Å². The number of nitrogens with zero attached hydrogens (tertiary/aromatic N) is 3. The van der Waals surface area contributed by atoms with Crippen LogP contribution in [-0.2, 0) is 11.3 Å². The number of aryl methyl sites for hydroxylation is 1. The Bertz CT molecular complexity index is 1020. The zero-order valence-electron chi connectivity index (χ0n) is 20.7. The van der Waals surface area contributed by atoms with Crippen LogP contribution in [0.15, 0.2) is 54.6 Å². The highest BCUT2D eigenvalue weighted by Crippen LogP contribution is 2.32. The van der Waals surface area contributed by atoms with Crippen LogP contribution in [0.4, 0.5) is 4.39 Å². The van der Waals surface area contributed by atoms with Crippen LogP contribution >= 0.6 is 0 Å². The normalized spacial score (nSPS) is 12.6. The Labute approximate surface area is 201 Å². The van der Waals surface area contributed by atoms with Gasteiger partial charge >= 0.3 is 0 Å². The molecule has 1 N–H and O–H groups in total. The average Bonchev–Trinajstić information content (AvgIpc) is 3.09. The van der Waals surface area contributed by atoms with Gasteiger partial charge in [-0.3, -0.25) is 4.90 Å². The minimum atomic E-state index is -0.605. The molecule has 3 rings (SSSR count). The molecule has 2 aromatic carbocycles. The van der Waals surface area contributed by atoms with Gasteiger partial charge in [0.25, 0.3) is 0 Å². The lowest BCUT2D eigenvalue weighted by Gasteiger charge is -2.27. The quantitative estimate of drug-likeness (QED) is 0.387. The van der Waals surface area contributed by atoms with Crippen LogP contribution < -0.4 is 4.74 Å². The molecular formula is C27H36FN3O3. The Balaban J connectivity index is 1.94. The molecule has 0 saturated heterocycles. The summed E-state index contributed by atoms with van der Waals surface area (Å²) in [6, 6.07) is 15.7. The molecule has 0 amide bonds. The summed E-state index contributed by atoms with van der Waals surface area (Å²) in [5.41, 5.74) is 2.63. The number of aliphatic hydroxyl groups is 1. The number of aromatic nitrogens is 2. The van der Waals surface area contributed by atoms with Crippen molar-refractivity contribution in [3.63, 3.8) is 0 Å². The third-order valence-corrected chi connectivity index (χ3v) is 5.26. The van der Waals surface area contributed by atoms with Crippen LogP contribution in [-0.4, -0.2) is 51.7 Å². The van der Waals surface area contributed by atoms with Gasteiger partial charge in [0, 0.05) is 19.6 Å². The number of rotatable bonds is 12. The fourth-order valence-electron chi connectivity index (χ4n) is 3.78. The summed E-state index contributed by atoms with van der Waals surface area (Å²) in [7, 11) is 0. The van der Waals surface area contributed by atoms with Gasteiger partial charge in [0.15, 0.2) is 0 Å². The maximum absolute atomic E-state index is 13.5. The molecule has 0 aliphatic heterocycles. The standard InChI is InChI=1S/C27H36FN3O3/c1-19(2)15-30(16-24(32)18-33-20(3)4)17-26-21(5)29-31(23-9-7-6-8-10-23)27(26)34-25-13-11-22(28)12-14-25/h6-14,19-20,24,32H,15-18H2,1-5H3. The number of benzene rings is 2. The van der Waals surface area contributed by atoms with Crippen molar-refractivity contribution in [2.24, 2.45) is 5.92 Å². The van der Waals surface area contributed by atoms with E-state index >= 15 is 0 Å². The number of hydrogen-bond acceptors (Lipinski definition) is 5. The first-order valence-electron chi connectivity index (χ1n) is 11.8. The molecule has 184 valence electrons. The molecule has 6 nitrogen and oxygen atoms in total. The Kier molecular flexibility index (Phi) is 9.21. The largest absolute Gasteiger partial charge is 0.439 e. The molecule has 1 aromatic heterocycles. The van der Waals surface area contributed by atoms with Crippen molar-refractivity contribution in [3.05, 3.63) is 71.7 Å². The van der Waals surface area contributed by atoms with Crippen LogP contribution in [0.2, 0.25) is 0 Å². The Morgan fingerprint density at radius 1 is 1.00 bits per heavy atom. The lowest BCUT2D eigenvalue weighted by Crippen LogP contribution is -2.37. The van der Waals surface area contributed by atoms with Gasteiger partial charge in [0.05, 0.1) is 35.8 Å². The minimum absolute atomic E-state index is 0.0651. The molecule has 0 aliphatic rings. The predicted octanol–water partition coefficient (Wildman–Crippen LogP) is 5.36. The van der Waals surface area contributed by atoms with Crippen LogP contribution in [0.5, 0.6) is 11.6 Å². The average molecular weight is 470 g/mol. The zero-order valence-corrected chi connectivity index (χ0v) is 20.7. The zero-order chi connectivity index (χ0) is 24.7. The van der Waals surface area contributed by atoms with Gasteiger partial charge in [0.1, 0.15) is 11.6 Å². The molecule has 0 aliphatic carbocycles. The lowest BCUT2D eigenvalue weighted by molar-refractivity contribution is -0.0109. The van der Waals surface area contributed by atoms with Gasteiger partial charge in [-0.15, -0.1) is 0 Å². The van der Waals surface area contributed by atoms with Crippen molar-refractivity contribution in [3.8, 4) is 17.3 Å². The van der Waals surface area contributed by atoms with Gasteiger partial charge < -0.3 is 14.6 Å². The molecule has 3 aromatic rings. The van der Waals surface area contributed by atoms with Crippen LogP contribution in [0.25, 0.3) is 5.69 Å². The fraction of sp³-hybridized carbons (Fsp3) is 0.444. The molecule has 0 fully saturated rings. The Morgan fingerprint density at radius 3 is 2.29 bits per heavy atom. The van der Waals surface area contributed by atoms with Crippen molar-refractivity contribution in [1.29, 1.82) is 0 Å². The summed E-state index contributed by atoms with van der Waals surface area (Å²) < 4.78 is 27.1. The highest BCUT2D eigenvalue weighted by atomic mass is 19.1. The lowest BCUT2D eigenvalue weighted by atomic mass is 10.1. The summed E-state index contributed by atoms with van der Waals surface area (Å²) in [5.74, 6) is 1.20. The monoisotopic (exact) mass is 469 g/mol. The summed E-state index contributed by atoms with van der Waals surface area (Å²) in [4.78, 5) is 2.20. The molecule has 7 heteroatoms. The first-order valence-corrected chi connectivity index (χ1v) is 11.8. The summed E-state index contributed by atoms with van der Waals surface area (Å²) >= 11 is 0. The van der Waals surface area contributed by atoms with Crippen molar-refractivity contribution in [1.82, 2.24) is 14.7 Å². The van der Waals surface area contributed by atoms with Crippen molar-refractivity contribution >= 4 is 0 Å². The number of hydrogen-bond donors (Lipinski definition) is 1. The van der Waals surface area contributed by atoms with E-state index in [4.69, 9.17) is 14.6 Å². The first kappa shape index (κ1) is 25.9. The van der Waals surface area contributed by atoms with Gasteiger partial charge in [-0.05, 0) is 63.1 Å². The summed E-state index contributed by atoms with van der Waals surface area (Å²) in [5, 5.41) is 15.4. The van der Waals surface area contributed by atoms with E-state index in [1.807, 2.05) is 51.1 Å². The van der Waals surface area contributed by atoms with Gasteiger partial charge in [0.2, 0.25) is 5.88 Å². The second kappa shape index (κ2) is 12.1. The van der Waals surface area contributed by atoms with E-state index in [0.29, 0.717) is 30.6 Å². The highest BCUT2D eigenvalue weighted by molar-refractivity contribution is 5.43. The van der Waals surface area contributed by atoms with Crippen molar-refractivity contribution < 1.29 is 19.0 Å². The van der Waals surface area contributed by atoms with Gasteiger partial charge in [-0.25, -0.2) is 9.07 Å².